The highest BCUT2D eigenvalue weighted by atomic mass is 35.5. The molecular formula is C14H11Cl2F2NO. The van der Waals surface area contributed by atoms with Crippen LogP contribution in [0.1, 0.15) is 18.6 Å². The van der Waals surface area contributed by atoms with Gasteiger partial charge in [0.25, 0.3) is 0 Å². The number of hydrogen-bond acceptors (Lipinski definition) is 2. The molecule has 0 heterocycles. The quantitative estimate of drug-likeness (QED) is 0.639. The molecule has 0 aliphatic heterocycles. The average Bonchev–Trinajstić information content (AvgIpc) is 2.38. The van der Waals surface area contributed by atoms with Gasteiger partial charge in [-0.3, -0.25) is 0 Å². The van der Waals surface area contributed by atoms with E-state index in [2.05, 4.69) is 0 Å². The molecule has 0 fully saturated rings. The van der Waals surface area contributed by atoms with E-state index in [1.54, 1.807) is 6.92 Å². The molecule has 2 aromatic rings. The van der Waals surface area contributed by atoms with E-state index in [4.69, 9.17) is 33.7 Å². The lowest BCUT2D eigenvalue weighted by molar-refractivity contribution is 0.211. The molecule has 0 aliphatic rings. The molecule has 0 bridgehead atoms. The van der Waals surface area contributed by atoms with Crippen LogP contribution in [-0.4, -0.2) is 0 Å². The van der Waals surface area contributed by atoms with E-state index in [9.17, 15) is 8.78 Å². The Bertz CT molecular complexity index is 649. The van der Waals surface area contributed by atoms with Crippen LogP contribution in [-0.2, 0) is 0 Å². The van der Waals surface area contributed by atoms with E-state index in [0.29, 0.717) is 0 Å². The van der Waals surface area contributed by atoms with Crippen molar-refractivity contribution in [2.45, 2.75) is 13.0 Å². The van der Waals surface area contributed by atoms with E-state index < -0.39 is 17.7 Å². The molecule has 2 N–H and O–H groups in total. The van der Waals surface area contributed by atoms with Crippen LogP contribution in [0.4, 0.5) is 14.5 Å². The van der Waals surface area contributed by atoms with Crippen LogP contribution in [0.5, 0.6) is 5.75 Å². The molecule has 0 saturated heterocycles. The van der Waals surface area contributed by atoms with Crippen molar-refractivity contribution in [1.82, 2.24) is 0 Å². The molecule has 106 valence electrons. The predicted octanol–water partition coefficient (Wildman–Crippen LogP) is 4.99. The molecule has 0 aromatic heterocycles. The van der Waals surface area contributed by atoms with Crippen molar-refractivity contribution < 1.29 is 13.5 Å². The number of nitrogens with two attached hydrogens (primary N) is 1. The Labute approximate surface area is 125 Å². The van der Waals surface area contributed by atoms with E-state index in [1.807, 2.05) is 0 Å². The van der Waals surface area contributed by atoms with Gasteiger partial charge in [-0.2, -0.15) is 0 Å². The molecule has 0 saturated carbocycles. The normalized spacial score (nSPS) is 12.2. The molecule has 0 amide bonds. The SMILES string of the molecule is CC(Oc1ccc(N)cc1F)c1c(F)ccc(Cl)c1Cl. The first kappa shape index (κ1) is 14.9. The summed E-state index contributed by atoms with van der Waals surface area (Å²) in [5.74, 6) is -1.24. The maximum atomic E-state index is 13.8. The smallest absolute Gasteiger partial charge is 0.167 e. The van der Waals surface area contributed by atoms with Gasteiger partial charge in [0.1, 0.15) is 11.9 Å². The Morgan fingerprint density at radius 2 is 1.80 bits per heavy atom. The van der Waals surface area contributed by atoms with Gasteiger partial charge in [-0.15, -0.1) is 0 Å². The van der Waals surface area contributed by atoms with Crippen molar-refractivity contribution >= 4 is 28.9 Å². The summed E-state index contributed by atoms with van der Waals surface area (Å²) in [5, 5.41) is 0.256. The maximum Gasteiger partial charge on any atom is 0.167 e. The second-order valence-corrected chi connectivity index (χ2v) is 4.99. The number of hydrogen-bond donors (Lipinski definition) is 1. The van der Waals surface area contributed by atoms with Crippen LogP contribution in [0.2, 0.25) is 10.0 Å². The molecule has 0 spiro atoms. The number of halogens is 4. The lowest BCUT2D eigenvalue weighted by Crippen LogP contribution is -2.08. The third kappa shape index (κ3) is 2.97. The number of nitrogen functional groups attached to an aromatic ring is 1. The maximum absolute atomic E-state index is 13.8. The van der Waals surface area contributed by atoms with Crippen molar-refractivity contribution in [3.8, 4) is 5.75 Å². The van der Waals surface area contributed by atoms with Crippen molar-refractivity contribution in [2.75, 3.05) is 5.73 Å². The average molecular weight is 318 g/mol. The molecule has 20 heavy (non-hydrogen) atoms. The van der Waals surface area contributed by atoms with Crippen LogP contribution in [0, 0.1) is 11.6 Å². The second-order valence-electron chi connectivity index (χ2n) is 4.21. The lowest BCUT2D eigenvalue weighted by atomic mass is 10.1. The summed E-state index contributed by atoms with van der Waals surface area (Å²) < 4.78 is 32.8. The minimum Gasteiger partial charge on any atom is -0.483 e. The van der Waals surface area contributed by atoms with Crippen LogP contribution >= 0.6 is 23.2 Å². The largest absolute Gasteiger partial charge is 0.483 e. The Morgan fingerprint density at radius 3 is 2.45 bits per heavy atom. The first-order valence-electron chi connectivity index (χ1n) is 5.75. The summed E-state index contributed by atoms with van der Waals surface area (Å²) in [6.07, 6.45) is -0.806. The van der Waals surface area contributed by atoms with Crippen molar-refractivity contribution in [1.29, 1.82) is 0 Å². The van der Waals surface area contributed by atoms with Crippen LogP contribution < -0.4 is 10.5 Å². The summed E-state index contributed by atoms with van der Waals surface area (Å²) in [7, 11) is 0. The van der Waals surface area contributed by atoms with Gasteiger partial charge >= 0.3 is 0 Å². The standard InChI is InChI=1S/C14H11Cl2F2NO/c1-7(13-10(17)4-3-9(15)14(13)16)20-12-5-2-8(19)6-11(12)18/h2-7H,19H2,1H3. The Balaban J connectivity index is 2.33. The second kappa shape index (κ2) is 5.85. The molecule has 6 heteroatoms. The highest BCUT2D eigenvalue weighted by Gasteiger charge is 2.20. The molecule has 2 aromatic carbocycles. The highest BCUT2D eigenvalue weighted by molar-refractivity contribution is 6.42. The Kier molecular flexibility index (Phi) is 4.35. The topological polar surface area (TPSA) is 35.2 Å². The fraction of sp³-hybridized carbons (Fsp3) is 0.143. The van der Waals surface area contributed by atoms with Crippen LogP contribution in [0.25, 0.3) is 0 Å². The Morgan fingerprint density at radius 1 is 1.10 bits per heavy atom. The van der Waals surface area contributed by atoms with Crippen molar-refractivity contribution in [3.63, 3.8) is 0 Å². The van der Waals surface area contributed by atoms with E-state index >= 15 is 0 Å². The number of ether oxygens (including phenoxy) is 1. The summed E-state index contributed by atoms with van der Waals surface area (Å²) in [6, 6.07) is 6.51. The van der Waals surface area contributed by atoms with E-state index in [0.717, 1.165) is 6.07 Å². The molecule has 1 atom stereocenters. The lowest BCUT2D eigenvalue weighted by Gasteiger charge is -2.18. The third-order valence-corrected chi connectivity index (χ3v) is 3.56. The van der Waals surface area contributed by atoms with Gasteiger partial charge in [-0.25, -0.2) is 8.78 Å². The molecule has 2 rings (SSSR count). The first-order valence-corrected chi connectivity index (χ1v) is 6.51. The zero-order valence-electron chi connectivity index (χ0n) is 10.5. The summed E-state index contributed by atoms with van der Waals surface area (Å²) in [5.41, 5.74) is 5.80. The highest BCUT2D eigenvalue weighted by Crippen LogP contribution is 2.35. The fourth-order valence-corrected chi connectivity index (χ4v) is 2.25. The molecule has 0 radical (unpaired) electrons. The Hall–Kier alpha value is -1.52. The number of benzene rings is 2. The van der Waals surface area contributed by atoms with Gasteiger partial charge in [-0.05, 0) is 31.2 Å². The molecule has 0 aliphatic carbocycles. The summed E-state index contributed by atoms with van der Waals surface area (Å²) in [4.78, 5) is 0. The van der Waals surface area contributed by atoms with E-state index in [-0.39, 0.29) is 27.0 Å². The van der Waals surface area contributed by atoms with Gasteiger partial charge in [0.05, 0.1) is 10.0 Å². The zero-order valence-corrected chi connectivity index (χ0v) is 12.0. The van der Waals surface area contributed by atoms with Gasteiger partial charge < -0.3 is 10.5 Å². The van der Waals surface area contributed by atoms with Gasteiger partial charge in [0, 0.05) is 17.3 Å². The molecule has 1 unspecified atom stereocenters. The fourth-order valence-electron chi connectivity index (χ4n) is 1.78. The minimum atomic E-state index is -0.806. The number of anilines is 1. The third-order valence-electron chi connectivity index (χ3n) is 2.75. The van der Waals surface area contributed by atoms with E-state index in [1.165, 1.54) is 24.3 Å². The van der Waals surface area contributed by atoms with Crippen molar-refractivity contribution in [2.24, 2.45) is 0 Å². The predicted molar refractivity (Wildman–Crippen MR) is 76.3 cm³/mol. The molecular weight excluding hydrogens is 307 g/mol. The minimum absolute atomic E-state index is 0.0397. The first-order chi connectivity index (χ1) is 9.40. The molecule has 2 nitrogen and oxygen atoms in total. The van der Waals surface area contributed by atoms with Gasteiger partial charge in [0.15, 0.2) is 11.6 Å². The van der Waals surface area contributed by atoms with Crippen molar-refractivity contribution in [3.05, 3.63) is 57.6 Å². The summed E-state index contributed by atoms with van der Waals surface area (Å²) >= 11 is 11.8. The number of rotatable bonds is 3. The monoisotopic (exact) mass is 317 g/mol. The van der Waals surface area contributed by atoms with Gasteiger partial charge in [-0.1, -0.05) is 23.2 Å². The van der Waals surface area contributed by atoms with Crippen LogP contribution in [0.15, 0.2) is 30.3 Å². The summed E-state index contributed by atoms with van der Waals surface area (Å²) in [6.45, 7) is 1.55. The van der Waals surface area contributed by atoms with Crippen LogP contribution in [0.3, 0.4) is 0 Å². The van der Waals surface area contributed by atoms with Gasteiger partial charge in [0.2, 0.25) is 0 Å². The zero-order chi connectivity index (χ0) is 14.9.